The van der Waals surface area contributed by atoms with Gasteiger partial charge in [0.1, 0.15) is 5.69 Å². The van der Waals surface area contributed by atoms with Gasteiger partial charge in [0.2, 0.25) is 0 Å². The topological polar surface area (TPSA) is 84.7 Å². The highest BCUT2D eigenvalue weighted by Crippen LogP contribution is 2.06. The molecule has 1 amide bonds. The Balaban J connectivity index is 2.08. The van der Waals surface area contributed by atoms with Gasteiger partial charge in [-0.15, -0.1) is 0 Å². The van der Waals surface area contributed by atoms with Crippen molar-refractivity contribution in [3.8, 4) is 0 Å². The molecular weight excluding hydrogens is 302 g/mol. The molecule has 0 spiro atoms. The number of H-pyrrole nitrogens is 1. The first-order valence-electron chi connectivity index (χ1n) is 6.53. The van der Waals surface area contributed by atoms with Crippen molar-refractivity contribution in [1.82, 2.24) is 19.4 Å². The summed E-state index contributed by atoms with van der Waals surface area (Å²) in [5, 5.41) is 4.55. The molecule has 7 nitrogen and oxygen atoms in total. The zero-order chi connectivity index (χ0) is 15.9. The van der Waals surface area contributed by atoms with Gasteiger partial charge in [0, 0.05) is 7.05 Å². The first-order chi connectivity index (χ1) is 10.5. The van der Waals surface area contributed by atoms with Gasteiger partial charge in [0.05, 0.1) is 16.6 Å². The van der Waals surface area contributed by atoms with E-state index in [2.05, 4.69) is 15.5 Å². The van der Waals surface area contributed by atoms with Crippen LogP contribution in [0.15, 0.2) is 35.1 Å². The number of fused-ring (bicyclic) bond motifs is 1. The van der Waals surface area contributed by atoms with Gasteiger partial charge < -0.3 is 4.98 Å². The molecule has 0 aliphatic rings. The van der Waals surface area contributed by atoms with Crippen LogP contribution in [-0.2, 0) is 7.05 Å². The van der Waals surface area contributed by atoms with Crippen LogP contribution in [0.25, 0.3) is 10.9 Å². The number of benzene rings is 1. The minimum atomic E-state index is -0.458. The fourth-order valence-corrected chi connectivity index (χ4v) is 2.48. The number of carbonyl (C=O) groups excluding carboxylic acids is 1. The fraction of sp³-hybridized carbons (Fsp3) is 0.143. The van der Waals surface area contributed by atoms with Gasteiger partial charge in [-0.1, -0.05) is 12.1 Å². The Morgan fingerprint density at radius 1 is 1.36 bits per heavy atom. The molecule has 0 bridgehead atoms. The molecule has 0 saturated carbocycles. The fourth-order valence-electron chi connectivity index (χ4n) is 2.25. The summed E-state index contributed by atoms with van der Waals surface area (Å²) in [4.78, 5) is 27.7. The van der Waals surface area contributed by atoms with E-state index in [1.165, 1.54) is 4.68 Å². The molecule has 0 saturated heterocycles. The maximum atomic E-state index is 12.4. The van der Waals surface area contributed by atoms with Crippen LogP contribution in [0, 0.1) is 11.7 Å². The molecule has 2 N–H and O–H groups in total. The van der Waals surface area contributed by atoms with Crippen LogP contribution in [0.4, 0.5) is 0 Å². The standard InChI is InChI=1S/C14H13N5O2S/c1-8-7-11(18(2)16-8)12(20)17-19-13(21)9-5-3-4-6-10(9)15-14(19)22/h3-7H,1-2H3,(H,15,22)(H,17,20). The minimum absolute atomic E-state index is 0.121. The zero-order valence-electron chi connectivity index (χ0n) is 12.0. The lowest BCUT2D eigenvalue weighted by Gasteiger charge is -2.09. The van der Waals surface area contributed by atoms with E-state index in [1.54, 1.807) is 44.3 Å². The van der Waals surface area contributed by atoms with Crippen molar-refractivity contribution in [3.63, 3.8) is 0 Å². The SMILES string of the molecule is Cc1cc(C(=O)Nn2c(=S)[nH]c3ccccc3c2=O)n(C)n1. The number of rotatable bonds is 2. The molecular formula is C14H13N5O2S. The number of amides is 1. The Hall–Kier alpha value is -2.74. The second-order valence-corrected chi connectivity index (χ2v) is 5.24. The average molecular weight is 315 g/mol. The molecule has 112 valence electrons. The summed E-state index contributed by atoms with van der Waals surface area (Å²) < 4.78 is 2.60. The zero-order valence-corrected chi connectivity index (χ0v) is 12.8. The number of hydrogen-bond acceptors (Lipinski definition) is 4. The Bertz CT molecular complexity index is 998. The van der Waals surface area contributed by atoms with Gasteiger partial charge >= 0.3 is 0 Å². The third-order valence-corrected chi connectivity index (χ3v) is 3.54. The molecule has 0 aliphatic heterocycles. The number of carbonyl (C=O) groups is 1. The van der Waals surface area contributed by atoms with Gasteiger partial charge in [-0.3, -0.25) is 19.7 Å². The summed E-state index contributed by atoms with van der Waals surface area (Å²) in [6.45, 7) is 1.78. The summed E-state index contributed by atoms with van der Waals surface area (Å²) in [6, 6.07) is 8.60. The van der Waals surface area contributed by atoms with Gasteiger partial charge in [-0.05, 0) is 37.3 Å². The van der Waals surface area contributed by atoms with E-state index < -0.39 is 5.91 Å². The maximum absolute atomic E-state index is 12.4. The molecule has 8 heteroatoms. The van der Waals surface area contributed by atoms with Crippen molar-refractivity contribution in [3.05, 3.63) is 56.8 Å². The Kier molecular flexibility index (Phi) is 3.38. The quantitative estimate of drug-likeness (QED) is 0.702. The van der Waals surface area contributed by atoms with E-state index in [1.807, 2.05) is 0 Å². The van der Waals surface area contributed by atoms with E-state index in [4.69, 9.17) is 12.2 Å². The van der Waals surface area contributed by atoms with Crippen molar-refractivity contribution in [2.45, 2.75) is 6.92 Å². The number of nitrogens with zero attached hydrogens (tertiary/aromatic N) is 3. The second kappa shape index (κ2) is 5.23. The molecule has 2 aromatic heterocycles. The molecule has 0 aliphatic carbocycles. The van der Waals surface area contributed by atoms with Gasteiger partial charge in [0.25, 0.3) is 11.5 Å². The molecule has 1 aromatic carbocycles. The lowest BCUT2D eigenvalue weighted by atomic mass is 10.2. The van der Waals surface area contributed by atoms with E-state index >= 15 is 0 Å². The van der Waals surface area contributed by atoms with Crippen molar-refractivity contribution < 1.29 is 4.79 Å². The van der Waals surface area contributed by atoms with Crippen molar-refractivity contribution in [2.24, 2.45) is 7.05 Å². The van der Waals surface area contributed by atoms with E-state index in [-0.39, 0.29) is 10.3 Å². The third-order valence-electron chi connectivity index (χ3n) is 3.25. The minimum Gasteiger partial charge on any atom is -0.330 e. The van der Waals surface area contributed by atoms with Crippen molar-refractivity contribution >= 4 is 29.0 Å². The maximum Gasteiger partial charge on any atom is 0.288 e. The second-order valence-electron chi connectivity index (χ2n) is 4.85. The molecule has 3 aromatic rings. The lowest BCUT2D eigenvalue weighted by molar-refractivity contribution is 0.0997. The predicted molar refractivity (Wildman–Crippen MR) is 85.0 cm³/mol. The Labute approximate surface area is 130 Å². The normalized spacial score (nSPS) is 10.8. The monoisotopic (exact) mass is 315 g/mol. The highest BCUT2D eigenvalue weighted by molar-refractivity contribution is 7.71. The molecule has 0 fully saturated rings. The number of nitrogens with one attached hydrogen (secondary N) is 2. The van der Waals surface area contributed by atoms with E-state index in [0.29, 0.717) is 22.3 Å². The highest BCUT2D eigenvalue weighted by Gasteiger charge is 2.14. The number of aryl methyl sites for hydroxylation is 2. The molecule has 0 atom stereocenters. The first-order valence-corrected chi connectivity index (χ1v) is 6.94. The summed E-state index contributed by atoms with van der Waals surface area (Å²) >= 11 is 5.14. The van der Waals surface area contributed by atoms with Crippen LogP contribution in [0.5, 0.6) is 0 Å². The molecule has 0 radical (unpaired) electrons. The molecule has 2 heterocycles. The first kappa shape index (κ1) is 14.2. The highest BCUT2D eigenvalue weighted by atomic mass is 32.1. The van der Waals surface area contributed by atoms with Gasteiger partial charge in [0.15, 0.2) is 4.77 Å². The molecule has 0 unspecified atom stereocenters. The van der Waals surface area contributed by atoms with Crippen LogP contribution < -0.4 is 11.0 Å². The molecule has 3 rings (SSSR count). The van der Waals surface area contributed by atoms with Crippen LogP contribution in [0.2, 0.25) is 0 Å². The number of hydrogen-bond donors (Lipinski definition) is 2. The van der Waals surface area contributed by atoms with Gasteiger partial charge in [-0.2, -0.15) is 9.77 Å². The Morgan fingerprint density at radius 3 is 2.77 bits per heavy atom. The van der Waals surface area contributed by atoms with Crippen molar-refractivity contribution in [1.29, 1.82) is 0 Å². The largest absolute Gasteiger partial charge is 0.330 e. The van der Waals surface area contributed by atoms with E-state index in [9.17, 15) is 9.59 Å². The van der Waals surface area contributed by atoms with Crippen molar-refractivity contribution in [2.75, 3.05) is 5.43 Å². The summed E-state index contributed by atoms with van der Waals surface area (Å²) in [5.74, 6) is -0.458. The number of aromatic nitrogens is 4. The smallest absolute Gasteiger partial charge is 0.288 e. The summed E-state index contributed by atoms with van der Waals surface area (Å²) in [5.41, 5.74) is 3.80. The average Bonchev–Trinajstić information content (AvgIpc) is 2.82. The van der Waals surface area contributed by atoms with Crippen LogP contribution >= 0.6 is 12.2 Å². The number of para-hydroxylation sites is 1. The lowest BCUT2D eigenvalue weighted by Crippen LogP contribution is -2.35. The number of aromatic amines is 1. The van der Waals surface area contributed by atoms with Crippen LogP contribution in [-0.4, -0.2) is 25.3 Å². The summed E-state index contributed by atoms with van der Waals surface area (Å²) in [7, 11) is 1.66. The van der Waals surface area contributed by atoms with Gasteiger partial charge in [-0.25, -0.2) is 0 Å². The van der Waals surface area contributed by atoms with Crippen LogP contribution in [0.1, 0.15) is 16.2 Å². The Morgan fingerprint density at radius 2 is 2.09 bits per heavy atom. The molecule has 22 heavy (non-hydrogen) atoms. The van der Waals surface area contributed by atoms with Crippen LogP contribution in [0.3, 0.4) is 0 Å². The predicted octanol–water partition coefficient (Wildman–Crippen LogP) is 1.48. The summed E-state index contributed by atoms with van der Waals surface area (Å²) in [6.07, 6.45) is 0. The van der Waals surface area contributed by atoms with E-state index in [0.717, 1.165) is 4.68 Å². The third kappa shape index (κ3) is 2.33.